The number of rotatable bonds is 3. The van der Waals surface area contributed by atoms with Crippen LogP contribution in [0.4, 0.5) is 5.69 Å². The van der Waals surface area contributed by atoms with E-state index in [0.29, 0.717) is 5.92 Å². The molecule has 1 nitrogen and oxygen atoms in total. The number of aliphatic imine (C=N–C) groups is 1. The number of nitrogens with zero attached hydrogens (tertiary/aromatic N) is 1. The first-order valence-electron chi connectivity index (χ1n) is 8.96. The van der Waals surface area contributed by atoms with Crippen LogP contribution in [0.1, 0.15) is 54.5 Å². The molecule has 0 radical (unpaired) electrons. The van der Waals surface area contributed by atoms with E-state index in [1.54, 1.807) is 0 Å². The van der Waals surface area contributed by atoms with Gasteiger partial charge in [0.2, 0.25) is 0 Å². The molecule has 0 bridgehead atoms. The van der Waals surface area contributed by atoms with Gasteiger partial charge in [-0.25, -0.2) is 0 Å². The molecule has 0 amide bonds. The number of hydrogen-bond acceptors (Lipinski definition) is 1. The van der Waals surface area contributed by atoms with Gasteiger partial charge in [-0.2, -0.15) is 0 Å². The van der Waals surface area contributed by atoms with Gasteiger partial charge in [0.25, 0.3) is 0 Å². The highest BCUT2D eigenvalue weighted by Gasteiger charge is 2.20. The van der Waals surface area contributed by atoms with Gasteiger partial charge >= 0.3 is 0 Å². The molecule has 0 heterocycles. The normalized spacial score (nSPS) is 17.5. The Balaban J connectivity index is 2.08. The minimum Gasteiger partial charge on any atom is -0.253 e. The highest BCUT2D eigenvalue weighted by atomic mass is 14.8. The van der Waals surface area contributed by atoms with Crippen LogP contribution in [-0.2, 0) is 0 Å². The van der Waals surface area contributed by atoms with Crippen molar-refractivity contribution < 1.29 is 0 Å². The smallest absolute Gasteiger partial charge is 0.0691 e. The zero-order valence-electron chi connectivity index (χ0n) is 16.1. The van der Waals surface area contributed by atoms with E-state index in [0.717, 1.165) is 11.4 Å². The van der Waals surface area contributed by atoms with Crippen LogP contribution in [0.25, 0.3) is 0 Å². The molecule has 0 spiro atoms. The molecular formula is C24H27N. The minimum atomic E-state index is 0.363. The molecule has 1 heteroatoms. The minimum absolute atomic E-state index is 0.363. The summed E-state index contributed by atoms with van der Waals surface area (Å²) in [6.45, 7) is 13.0. The van der Waals surface area contributed by atoms with Crippen LogP contribution in [0.15, 0.2) is 64.7 Å². The van der Waals surface area contributed by atoms with Gasteiger partial charge in [0.1, 0.15) is 0 Å². The zero-order chi connectivity index (χ0) is 18.1. The average Bonchev–Trinajstić information content (AvgIpc) is 2.90. The van der Waals surface area contributed by atoms with Gasteiger partial charge in [0.05, 0.1) is 5.69 Å². The Morgan fingerprint density at radius 2 is 1.56 bits per heavy atom. The lowest BCUT2D eigenvalue weighted by Gasteiger charge is -2.17. The highest BCUT2D eigenvalue weighted by molar-refractivity contribution is 6.02. The van der Waals surface area contributed by atoms with Crippen molar-refractivity contribution in [2.75, 3.05) is 0 Å². The number of allylic oxidation sites excluding steroid dienone is 4. The van der Waals surface area contributed by atoms with Crippen LogP contribution in [0.2, 0.25) is 0 Å². The summed E-state index contributed by atoms with van der Waals surface area (Å²) in [5.74, 6) is 0.363. The quantitative estimate of drug-likeness (QED) is 0.553. The van der Waals surface area contributed by atoms with Crippen molar-refractivity contribution in [3.8, 4) is 0 Å². The topological polar surface area (TPSA) is 12.4 Å². The maximum atomic E-state index is 5.02. The monoisotopic (exact) mass is 329 g/mol. The molecule has 128 valence electrons. The number of hydrogen-bond donors (Lipinski definition) is 0. The third kappa shape index (κ3) is 3.37. The second kappa shape index (κ2) is 6.84. The van der Waals surface area contributed by atoms with E-state index in [1.807, 2.05) is 0 Å². The van der Waals surface area contributed by atoms with Crippen molar-refractivity contribution in [1.82, 2.24) is 0 Å². The standard InChI is InChI=1S/C24H27N/c1-15-13-17(3)24(18(4)14-15)25-20(6)22-9-7-8-10-23(22)21-12-11-16(2)19(21)5/h7-14,21H,1-6H3. The van der Waals surface area contributed by atoms with Gasteiger partial charge in [-0.15, -0.1) is 0 Å². The van der Waals surface area contributed by atoms with E-state index in [9.17, 15) is 0 Å². The Labute approximate surface area is 151 Å². The van der Waals surface area contributed by atoms with Gasteiger partial charge in [-0.3, -0.25) is 4.99 Å². The molecule has 25 heavy (non-hydrogen) atoms. The molecule has 0 saturated heterocycles. The second-order valence-electron chi connectivity index (χ2n) is 7.23. The molecule has 0 aliphatic heterocycles. The fourth-order valence-corrected chi connectivity index (χ4v) is 3.77. The molecule has 2 aromatic rings. The number of aryl methyl sites for hydroxylation is 3. The molecule has 3 rings (SSSR count). The third-order valence-electron chi connectivity index (χ3n) is 5.23. The summed E-state index contributed by atoms with van der Waals surface area (Å²) in [6, 6.07) is 13.1. The highest BCUT2D eigenvalue weighted by Crippen LogP contribution is 2.36. The van der Waals surface area contributed by atoms with Crippen molar-refractivity contribution in [3.05, 3.63) is 87.5 Å². The van der Waals surface area contributed by atoms with Gasteiger partial charge in [-0.1, -0.05) is 65.3 Å². The molecule has 2 aromatic carbocycles. The first-order valence-corrected chi connectivity index (χ1v) is 8.96. The van der Waals surface area contributed by atoms with Gasteiger partial charge in [0.15, 0.2) is 0 Å². The molecule has 0 aromatic heterocycles. The fourth-order valence-electron chi connectivity index (χ4n) is 3.77. The van der Waals surface area contributed by atoms with Gasteiger partial charge in [0, 0.05) is 11.6 Å². The van der Waals surface area contributed by atoms with Crippen LogP contribution in [0.3, 0.4) is 0 Å². The lowest BCUT2D eigenvalue weighted by Crippen LogP contribution is -2.05. The summed E-state index contributed by atoms with van der Waals surface area (Å²) in [5, 5.41) is 0. The van der Waals surface area contributed by atoms with E-state index >= 15 is 0 Å². The lowest BCUT2D eigenvalue weighted by molar-refractivity contribution is 0.998. The van der Waals surface area contributed by atoms with Crippen LogP contribution in [-0.4, -0.2) is 5.71 Å². The van der Waals surface area contributed by atoms with Crippen LogP contribution in [0.5, 0.6) is 0 Å². The molecule has 1 aliphatic carbocycles. The lowest BCUT2D eigenvalue weighted by atomic mass is 9.88. The summed E-state index contributed by atoms with van der Waals surface area (Å²) < 4.78 is 0. The Bertz CT molecular complexity index is 886. The van der Waals surface area contributed by atoms with E-state index in [2.05, 4.69) is 90.1 Å². The Kier molecular flexibility index (Phi) is 4.76. The summed E-state index contributed by atoms with van der Waals surface area (Å²) in [6.07, 6.45) is 4.54. The summed E-state index contributed by atoms with van der Waals surface area (Å²) >= 11 is 0. The molecule has 1 aliphatic rings. The van der Waals surface area contributed by atoms with E-state index in [4.69, 9.17) is 4.99 Å². The second-order valence-corrected chi connectivity index (χ2v) is 7.23. The molecule has 1 unspecified atom stereocenters. The average molecular weight is 329 g/mol. The molecular weight excluding hydrogens is 302 g/mol. The first kappa shape index (κ1) is 17.4. The van der Waals surface area contributed by atoms with Crippen molar-refractivity contribution in [2.45, 2.75) is 47.5 Å². The Morgan fingerprint density at radius 3 is 2.16 bits per heavy atom. The predicted molar refractivity (Wildman–Crippen MR) is 109 cm³/mol. The molecule has 0 N–H and O–H groups in total. The van der Waals surface area contributed by atoms with Crippen molar-refractivity contribution in [2.24, 2.45) is 4.99 Å². The van der Waals surface area contributed by atoms with E-state index in [-0.39, 0.29) is 0 Å². The predicted octanol–water partition coefficient (Wildman–Crippen LogP) is 6.74. The van der Waals surface area contributed by atoms with Crippen LogP contribution >= 0.6 is 0 Å². The zero-order valence-corrected chi connectivity index (χ0v) is 16.1. The fraction of sp³-hybridized carbons (Fsp3) is 0.292. The van der Waals surface area contributed by atoms with Gasteiger partial charge < -0.3 is 0 Å². The molecule has 0 fully saturated rings. The van der Waals surface area contributed by atoms with E-state index in [1.165, 1.54) is 39.0 Å². The first-order chi connectivity index (χ1) is 11.9. The summed E-state index contributed by atoms with van der Waals surface area (Å²) in [7, 11) is 0. The Morgan fingerprint density at radius 1 is 0.920 bits per heavy atom. The summed E-state index contributed by atoms with van der Waals surface area (Å²) in [4.78, 5) is 5.02. The Hall–Kier alpha value is -2.41. The maximum Gasteiger partial charge on any atom is 0.0691 e. The van der Waals surface area contributed by atoms with Crippen molar-refractivity contribution >= 4 is 11.4 Å². The maximum absolute atomic E-state index is 5.02. The molecule has 1 atom stereocenters. The SMILES string of the molecule is CC(=Nc1c(C)cc(C)cc1C)c1ccccc1C1C=CC(C)=C1C. The van der Waals surface area contributed by atoms with Crippen LogP contribution in [0, 0.1) is 20.8 Å². The van der Waals surface area contributed by atoms with E-state index < -0.39 is 0 Å². The molecule has 0 saturated carbocycles. The van der Waals surface area contributed by atoms with Crippen molar-refractivity contribution in [1.29, 1.82) is 0 Å². The van der Waals surface area contributed by atoms with Crippen LogP contribution < -0.4 is 0 Å². The largest absolute Gasteiger partial charge is 0.253 e. The summed E-state index contributed by atoms with van der Waals surface area (Å²) in [5.41, 5.74) is 11.3. The number of benzene rings is 2. The van der Waals surface area contributed by atoms with Gasteiger partial charge in [-0.05, 0) is 63.8 Å². The van der Waals surface area contributed by atoms with Crippen molar-refractivity contribution in [3.63, 3.8) is 0 Å². The third-order valence-corrected chi connectivity index (χ3v) is 5.23.